The number of aliphatic hydroxyl groups is 1. The maximum atomic E-state index is 15.0. The molecular formula is C76H109N17O26. The van der Waals surface area contributed by atoms with Gasteiger partial charge in [-0.2, -0.15) is 0 Å². The number of fused-ring (bicyclic) bond motifs is 1. The van der Waals surface area contributed by atoms with Gasteiger partial charge in [0.1, 0.15) is 72.6 Å². The van der Waals surface area contributed by atoms with E-state index in [9.17, 15) is 121 Å². The Balaban J connectivity index is 1.88. The van der Waals surface area contributed by atoms with Gasteiger partial charge in [0.05, 0.1) is 45.4 Å². The second-order valence-corrected chi connectivity index (χ2v) is 28.6. The largest absolute Gasteiger partial charge is 0.481 e. The number of aromatic nitrogens is 1. The van der Waals surface area contributed by atoms with Crippen LogP contribution in [0.4, 0.5) is 5.69 Å². The first kappa shape index (κ1) is 98.7. The normalized spacial score (nSPS) is 20.9. The number of carboxylic acids is 4. The number of ether oxygens (including phenoxy) is 1. The number of carbonyl (C=O) groups excluding carboxylic acids is 16. The lowest BCUT2D eigenvalue weighted by Gasteiger charge is -2.30. The summed E-state index contributed by atoms with van der Waals surface area (Å²) in [5.41, 5.74) is 18.2. The number of aliphatic carboxylic acids is 4. The van der Waals surface area contributed by atoms with Gasteiger partial charge >= 0.3 is 29.8 Å². The van der Waals surface area contributed by atoms with E-state index in [0.717, 1.165) is 65.7 Å². The summed E-state index contributed by atoms with van der Waals surface area (Å²) < 4.78 is 5.74. The number of hydrogen-bond donors (Lipinski definition) is 22. The van der Waals surface area contributed by atoms with Crippen molar-refractivity contribution in [1.29, 1.82) is 0 Å². The van der Waals surface area contributed by atoms with Crippen LogP contribution < -0.4 is 86.3 Å². The Morgan fingerprint density at radius 2 is 1.09 bits per heavy atom. The van der Waals surface area contributed by atoms with Crippen LogP contribution in [0.5, 0.6) is 0 Å². The first-order chi connectivity index (χ1) is 56.4. The number of ketones is 1. The van der Waals surface area contributed by atoms with Gasteiger partial charge < -0.3 is 122 Å². The number of nitrogen functional groups attached to an aromatic ring is 1. The molecule has 0 aliphatic carbocycles. The van der Waals surface area contributed by atoms with Gasteiger partial charge in [0.2, 0.25) is 82.7 Å². The number of nitrogens with two attached hydrogens (primary N) is 3. The quantitative estimate of drug-likeness (QED) is 0.0112. The van der Waals surface area contributed by atoms with Crippen LogP contribution >= 0.6 is 0 Å². The van der Waals surface area contributed by atoms with Crippen LogP contribution in [0.15, 0.2) is 54.7 Å². The zero-order valence-corrected chi connectivity index (χ0v) is 66.4. The number of hydrogen-bond acceptors (Lipinski definition) is 24. The zero-order chi connectivity index (χ0) is 88.6. The lowest BCUT2D eigenvalue weighted by atomic mass is 9.96. The lowest BCUT2D eigenvalue weighted by molar-refractivity contribution is -0.156. The first-order valence-electron chi connectivity index (χ1n) is 38.8. The summed E-state index contributed by atoms with van der Waals surface area (Å²) >= 11 is 0. The van der Waals surface area contributed by atoms with Crippen LogP contribution in [-0.2, 0) is 102 Å². The van der Waals surface area contributed by atoms with Gasteiger partial charge in [-0.1, -0.05) is 95.5 Å². The standard InChI is InChI=1S/C76H109N17O26/c1-5-6-7-8-9-10-11-12-13-25-57(97)85-49(30-42-35-80-46-23-17-15-20-43(42)46)71(113)89-50(32-56(79)96)72(114)87-48(26-27-60(100)101)69(111)93-65-41(4)119-76(118)53(31-55(95)44-21-14-16-22-45(44)78)91-75(117)64(39(2)29-61(102)103)92-73(115)54(38-94)86-59(99)36-81-67(109)51(33-62(104)105)88-66(108)40(3)83-70(112)52(34-63(106)107)90-68(110)47(24-18-19-28-77)84-58(98)37-82-74(65)116/h14-17,20-23,35,39-41,47-54,64-65,80,94H,5-13,18-19,24-34,36-38,77-78H2,1-4H3,(H2,79,96)(H,81,109)(H,82,116)(H,83,112)(H,84,98)(H,85,97)(H,86,99)(H,87,114)(H,88,108)(H,89,113)(H,90,110)(H,91,117)(H,92,115)(H,93,111)(H,100,101)(H,102,103)(H,104,105)(H,106,107)/t39?,40-,41-,47+,48+,49+,50+,51+,52+,53+,54-,64+,65+/m1/s1. The predicted octanol–water partition coefficient (Wildman–Crippen LogP) is -4.06. The number of amides is 14. The van der Waals surface area contributed by atoms with Gasteiger partial charge in [0, 0.05) is 54.0 Å². The summed E-state index contributed by atoms with van der Waals surface area (Å²) in [6.45, 7) is 1.44. The number of carboxylic acid groups (broad SMARTS) is 4. The van der Waals surface area contributed by atoms with E-state index in [2.05, 4.69) is 65.1 Å². The number of aliphatic hydroxyl groups excluding tert-OH is 1. The number of para-hydroxylation sites is 2. The van der Waals surface area contributed by atoms with Crippen molar-refractivity contribution in [2.45, 2.75) is 235 Å². The number of aromatic amines is 1. The van der Waals surface area contributed by atoms with Crippen molar-refractivity contribution in [1.82, 2.24) is 74.1 Å². The van der Waals surface area contributed by atoms with Crippen LogP contribution in [0.25, 0.3) is 10.9 Å². The minimum atomic E-state index is -2.40. The third-order valence-electron chi connectivity index (χ3n) is 18.9. The lowest BCUT2D eigenvalue weighted by Crippen LogP contribution is -2.61. The molecule has 2 heterocycles. The van der Waals surface area contributed by atoms with E-state index in [1.54, 1.807) is 30.5 Å². The second kappa shape index (κ2) is 50.7. The molecule has 0 bridgehead atoms. The highest BCUT2D eigenvalue weighted by atomic mass is 16.5. The molecule has 0 spiro atoms. The molecule has 25 N–H and O–H groups in total. The summed E-state index contributed by atoms with van der Waals surface area (Å²) in [5, 5.41) is 79.1. The Labute approximate surface area is 682 Å². The van der Waals surface area contributed by atoms with Gasteiger partial charge in [0.15, 0.2) is 5.78 Å². The van der Waals surface area contributed by atoms with E-state index >= 15 is 0 Å². The van der Waals surface area contributed by atoms with Crippen molar-refractivity contribution in [2.24, 2.45) is 17.4 Å². The molecule has 14 amide bonds. The Morgan fingerprint density at radius 1 is 0.538 bits per heavy atom. The number of benzene rings is 2. The van der Waals surface area contributed by atoms with Crippen molar-refractivity contribution < 1.29 is 126 Å². The molecule has 2 aromatic carbocycles. The Hall–Kier alpha value is -12.7. The van der Waals surface area contributed by atoms with E-state index in [4.69, 9.17) is 21.9 Å². The van der Waals surface area contributed by atoms with E-state index < -0.39 is 261 Å². The smallest absolute Gasteiger partial charge is 0.329 e. The zero-order valence-electron chi connectivity index (χ0n) is 66.4. The van der Waals surface area contributed by atoms with Crippen LogP contribution in [0.1, 0.15) is 172 Å². The number of unbranched alkanes of at least 4 members (excludes halogenated alkanes) is 9. The van der Waals surface area contributed by atoms with Gasteiger partial charge in [-0.3, -0.25) is 91.1 Å². The van der Waals surface area contributed by atoms with Gasteiger partial charge in [-0.05, 0) is 82.2 Å². The number of cyclic esters (lactones) is 1. The molecule has 1 saturated heterocycles. The fourth-order valence-electron chi connectivity index (χ4n) is 12.4. The fourth-order valence-corrected chi connectivity index (χ4v) is 12.4. The number of nitrogens with one attached hydrogen (secondary N) is 14. The van der Waals surface area contributed by atoms with E-state index in [0.29, 0.717) is 29.3 Å². The molecule has 1 fully saturated rings. The molecular weight excluding hydrogens is 1570 g/mol. The highest BCUT2D eigenvalue weighted by Gasteiger charge is 2.41. The minimum Gasteiger partial charge on any atom is -0.481 e. The summed E-state index contributed by atoms with van der Waals surface area (Å²) in [4.78, 5) is 277. The third kappa shape index (κ3) is 35.0. The number of H-pyrrole nitrogens is 1. The molecule has 1 aliphatic rings. The van der Waals surface area contributed by atoms with E-state index in [1.165, 1.54) is 24.3 Å². The SMILES string of the molecule is CCCCCCCCCCCC(=O)N[C@@H](Cc1c[nH]c2ccccc12)C(=O)N[C@@H](CC(N)=O)C(=O)N[C@@H](CCC(=O)O)C(=O)N[C@@H]1C(=O)NCC(=O)N[C@@H](CCCCN)C(=O)N[C@@H](CC(=O)O)C(=O)N[C@H](C)C(=O)N[C@@H](CC(=O)O)C(=O)NCC(=O)N[C@H](CO)C(=O)N[C@@H](C(C)CC(=O)O)C(=O)N[C@@H](CC(=O)c2ccccc2N)C(=O)O[C@@H]1C. The molecule has 1 aromatic heterocycles. The number of carbonyl (C=O) groups is 20. The van der Waals surface area contributed by atoms with Crippen LogP contribution in [0.2, 0.25) is 0 Å². The maximum absolute atomic E-state index is 15.0. The number of rotatable bonds is 39. The average molecular weight is 1680 g/mol. The molecule has 0 saturated carbocycles. The highest BCUT2D eigenvalue weighted by molar-refractivity contribution is 6.05. The summed E-state index contributed by atoms with van der Waals surface area (Å²) in [7, 11) is 0. The molecule has 13 atom stereocenters. The molecule has 1 aliphatic heterocycles. The van der Waals surface area contributed by atoms with Gasteiger partial charge in [-0.25, -0.2) is 4.79 Å². The number of anilines is 1. The van der Waals surface area contributed by atoms with Crippen molar-refractivity contribution in [3.63, 3.8) is 0 Å². The summed E-state index contributed by atoms with van der Waals surface area (Å²) in [6.07, 6.45) is 0.137. The van der Waals surface area contributed by atoms with Crippen molar-refractivity contribution in [3.8, 4) is 0 Å². The highest BCUT2D eigenvalue weighted by Crippen LogP contribution is 2.22. The van der Waals surface area contributed by atoms with Crippen LogP contribution in [0, 0.1) is 5.92 Å². The molecule has 4 rings (SSSR count). The monoisotopic (exact) mass is 1680 g/mol. The Morgan fingerprint density at radius 3 is 1.70 bits per heavy atom. The Kier molecular flexibility index (Phi) is 42.0. The summed E-state index contributed by atoms with van der Waals surface area (Å²) in [5.74, 6) is -29.0. The van der Waals surface area contributed by atoms with Gasteiger partial charge in [-0.15, -0.1) is 0 Å². The van der Waals surface area contributed by atoms with Crippen molar-refractivity contribution in [2.75, 3.05) is 32.0 Å². The number of primary amides is 1. The fraction of sp³-hybridized carbons (Fsp3) is 0.553. The third-order valence-corrected chi connectivity index (χ3v) is 18.9. The number of esters is 1. The average Bonchev–Trinajstić information content (AvgIpc) is 1.75. The maximum Gasteiger partial charge on any atom is 0.329 e. The minimum absolute atomic E-state index is 0.00785. The predicted molar refractivity (Wildman–Crippen MR) is 419 cm³/mol. The molecule has 0 radical (unpaired) electrons. The summed E-state index contributed by atoms with van der Waals surface area (Å²) in [6, 6.07) is -10.0. The van der Waals surface area contributed by atoms with Crippen molar-refractivity contribution in [3.05, 3.63) is 65.9 Å². The van der Waals surface area contributed by atoms with Gasteiger partial charge in [0.25, 0.3) is 0 Å². The molecule has 119 heavy (non-hydrogen) atoms. The Bertz CT molecular complexity index is 4120. The van der Waals surface area contributed by atoms with Crippen molar-refractivity contribution >= 4 is 135 Å². The molecule has 43 nitrogen and oxygen atoms in total. The molecule has 43 heteroatoms. The molecule has 1 unspecified atom stereocenters. The van der Waals surface area contributed by atoms with E-state index in [1.807, 2.05) is 16.0 Å². The van der Waals surface area contributed by atoms with E-state index in [-0.39, 0.29) is 49.9 Å². The topological polar surface area (TPSA) is 702 Å². The molecule has 3 aromatic rings. The second-order valence-electron chi connectivity index (χ2n) is 28.6. The first-order valence-corrected chi connectivity index (χ1v) is 38.8. The van der Waals surface area contributed by atoms with Crippen LogP contribution in [-0.4, -0.2) is 248 Å². The van der Waals surface area contributed by atoms with Crippen LogP contribution in [0.3, 0.4) is 0 Å². The molecule has 654 valence electrons. The number of Topliss-reactive ketones (excluding diaryl/α,β-unsaturated/α-hetero) is 1.